The fourth-order valence-corrected chi connectivity index (χ4v) is 4.07. The molecule has 0 aliphatic rings. The third-order valence-electron chi connectivity index (χ3n) is 2.88. The molecule has 1 aromatic rings. The van der Waals surface area contributed by atoms with Gasteiger partial charge in [0.25, 0.3) is 0 Å². The van der Waals surface area contributed by atoms with Crippen LogP contribution in [0.3, 0.4) is 0 Å². The van der Waals surface area contributed by atoms with Gasteiger partial charge in [0.05, 0.1) is 23.1 Å². The normalized spacial score (nSPS) is 12.6. The van der Waals surface area contributed by atoms with E-state index in [0.29, 0.717) is 0 Å². The molecule has 9 heteroatoms. The SMILES string of the molecule is CCOC(=O)c1ccc(S(=O)(=O)N[C@H](C)C(=O)N(C)C)c(Br)c1. The number of hydrogen-bond acceptors (Lipinski definition) is 5. The second-order valence-corrected chi connectivity index (χ2v) is 7.48. The number of benzene rings is 1. The highest BCUT2D eigenvalue weighted by atomic mass is 79.9. The predicted octanol–water partition coefficient (Wildman–Crippen LogP) is 1.38. The summed E-state index contributed by atoms with van der Waals surface area (Å²) < 4.78 is 32.1. The molecule has 1 N–H and O–H groups in total. The highest BCUT2D eigenvalue weighted by Crippen LogP contribution is 2.24. The van der Waals surface area contributed by atoms with Crippen LogP contribution in [0.5, 0.6) is 0 Å². The van der Waals surface area contributed by atoms with Gasteiger partial charge in [0, 0.05) is 18.6 Å². The van der Waals surface area contributed by atoms with Crippen LogP contribution in [0, 0.1) is 0 Å². The van der Waals surface area contributed by atoms with E-state index in [1.165, 1.54) is 44.1 Å². The van der Waals surface area contributed by atoms with Crippen LogP contribution in [-0.2, 0) is 19.6 Å². The van der Waals surface area contributed by atoms with Crippen molar-refractivity contribution in [1.82, 2.24) is 9.62 Å². The Kier molecular flexibility index (Phi) is 6.72. The lowest BCUT2D eigenvalue weighted by atomic mass is 10.2. The summed E-state index contributed by atoms with van der Waals surface area (Å²) in [4.78, 5) is 24.7. The summed E-state index contributed by atoms with van der Waals surface area (Å²) in [5, 5.41) is 0. The minimum absolute atomic E-state index is 0.0658. The van der Waals surface area contributed by atoms with Gasteiger partial charge in [0.1, 0.15) is 0 Å². The van der Waals surface area contributed by atoms with Crippen LogP contribution in [0.2, 0.25) is 0 Å². The number of sulfonamides is 1. The smallest absolute Gasteiger partial charge is 0.338 e. The van der Waals surface area contributed by atoms with Gasteiger partial charge in [0.2, 0.25) is 15.9 Å². The number of rotatable bonds is 6. The maximum Gasteiger partial charge on any atom is 0.338 e. The van der Waals surface area contributed by atoms with Crippen molar-refractivity contribution in [2.75, 3.05) is 20.7 Å². The lowest BCUT2D eigenvalue weighted by molar-refractivity contribution is -0.130. The Labute approximate surface area is 144 Å². The Balaban J connectivity index is 3.06. The highest BCUT2D eigenvalue weighted by molar-refractivity contribution is 9.10. The number of esters is 1. The van der Waals surface area contributed by atoms with Crippen LogP contribution >= 0.6 is 15.9 Å². The van der Waals surface area contributed by atoms with Gasteiger partial charge in [-0.25, -0.2) is 13.2 Å². The number of halogens is 1. The summed E-state index contributed by atoms with van der Waals surface area (Å²) in [6.07, 6.45) is 0. The van der Waals surface area contributed by atoms with Gasteiger partial charge in [0.15, 0.2) is 0 Å². The summed E-state index contributed by atoms with van der Waals surface area (Å²) in [6.45, 7) is 3.36. The number of nitrogens with zero attached hydrogens (tertiary/aromatic N) is 1. The lowest BCUT2D eigenvalue weighted by Gasteiger charge is -2.18. The van der Waals surface area contributed by atoms with E-state index < -0.39 is 22.0 Å². The Hall–Kier alpha value is -1.45. The van der Waals surface area contributed by atoms with Crippen molar-refractivity contribution in [2.45, 2.75) is 24.8 Å². The molecule has 0 radical (unpaired) electrons. The summed E-state index contributed by atoms with van der Waals surface area (Å²) in [5.74, 6) is -0.908. The summed E-state index contributed by atoms with van der Waals surface area (Å²) in [7, 11) is -0.842. The monoisotopic (exact) mass is 406 g/mol. The van der Waals surface area contributed by atoms with Crippen molar-refractivity contribution in [3.8, 4) is 0 Å². The topological polar surface area (TPSA) is 92.8 Å². The minimum Gasteiger partial charge on any atom is -0.462 e. The van der Waals surface area contributed by atoms with Crippen molar-refractivity contribution < 1.29 is 22.7 Å². The fourth-order valence-electron chi connectivity index (χ4n) is 1.79. The molecule has 23 heavy (non-hydrogen) atoms. The molecule has 0 fully saturated rings. The van der Waals surface area contributed by atoms with E-state index in [1.54, 1.807) is 6.92 Å². The zero-order valence-corrected chi connectivity index (χ0v) is 15.7. The molecule has 7 nitrogen and oxygen atoms in total. The maximum absolute atomic E-state index is 12.4. The molecular formula is C14H19BrN2O5S. The molecule has 1 atom stereocenters. The van der Waals surface area contributed by atoms with Crippen molar-refractivity contribution >= 4 is 37.8 Å². The van der Waals surface area contributed by atoms with Crippen LogP contribution < -0.4 is 4.72 Å². The van der Waals surface area contributed by atoms with Crippen LogP contribution in [0.15, 0.2) is 27.6 Å². The number of ether oxygens (including phenoxy) is 1. The van der Waals surface area contributed by atoms with E-state index in [4.69, 9.17) is 4.74 Å². The quantitative estimate of drug-likeness (QED) is 0.720. The van der Waals surface area contributed by atoms with Crippen LogP contribution in [0.25, 0.3) is 0 Å². The van der Waals surface area contributed by atoms with E-state index in [0.717, 1.165) is 0 Å². The van der Waals surface area contributed by atoms with Crippen molar-refractivity contribution in [3.05, 3.63) is 28.2 Å². The molecule has 128 valence electrons. The zero-order valence-electron chi connectivity index (χ0n) is 13.3. The van der Waals surface area contributed by atoms with Crippen LogP contribution in [0.4, 0.5) is 0 Å². The van der Waals surface area contributed by atoms with E-state index in [2.05, 4.69) is 20.7 Å². The molecule has 1 aromatic carbocycles. The summed E-state index contributed by atoms with van der Waals surface area (Å²) >= 11 is 3.14. The van der Waals surface area contributed by atoms with Crippen molar-refractivity contribution in [3.63, 3.8) is 0 Å². The van der Waals surface area contributed by atoms with Gasteiger partial charge >= 0.3 is 5.97 Å². The molecule has 1 amide bonds. The van der Waals surface area contributed by atoms with Gasteiger partial charge in [-0.05, 0) is 48.0 Å². The third kappa shape index (κ3) is 5.02. The van der Waals surface area contributed by atoms with Crippen molar-refractivity contribution in [1.29, 1.82) is 0 Å². The molecule has 0 saturated carbocycles. The second kappa shape index (κ2) is 7.89. The largest absolute Gasteiger partial charge is 0.462 e. The summed E-state index contributed by atoms with van der Waals surface area (Å²) in [5.41, 5.74) is 0.232. The highest BCUT2D eigenvalue weighted by Gasteiger charge is 2.25. The third-order valence-corrected chi connectivity index (χ3v) is 5.39. The standard InChI is InChI=1S/C14H19BrN2O5S/c1-5-22-14(19)10-6-7-12(11(15)8-10)23(20,21)16-9(2)13(18)17(3)4/h6-9,16H,5H2,1-4H3/t9-/m1/s1. The molecule has 0 aromatic heterocycles. The lowest BCUT2D eigenvalue weighted by Crippen LogP contribution is -2.44. The first-order valence-corrected chi connectivity index (χ1v) is 9.08. The van der Waals surface area contributed by atoms with Crippen LogP contribution in [0.1, 0.15) is 24.2 Å². The Morgan fingerprint density at radius 2 is 1.96 bits per heavy atom. The maximum atomic E-state index is 12.4. The molecule has 0 unspecified atom stereocenters. The molecular weight excluding hydrogens is 388 g/mol. The van der Waals surface area contributed by atoms with Gasteiger partial charge in [-0.3, -0.25) is 4.79 Å². The Morgan fingerprint density at radius 1 is 1.35 bits per heavy atom. The number of hydrogen-bond donors (Lipinski definition) is 1. The number of carbonyl (C=O) groups excluding carboxylic acids is 2. The van der Waals surface area contributed by atoms with Gasteiger partial charge in [-0.15, -0.1) is 0 Å². The number of amides is 1. The number of likely N-dealkylation sites (N-methyl/N-ethyl adjacent to an activating group) is 1. The molecule has 0 saturated heterocycles. The van der Waals surface area contributed by atoms with E-state index >= 15 is 0 Å². The average molecular weight is 407 g/mol. The van der Waals surface area contributed by atoms with E-state index in [-0.39, 0.29) is 27.4 Å². The fraction of sp³-hybridized carbons (Fsp3) is 0.429. The van der Waals surface area contributed by atoms with E-state index in [9.17, 15) is 18.0 Å². The second-order valence-electron chi connectivity index (χ2n) is 4.94. The Bertz CT molecular complexity index is 703. The van der Waals surface area contributed by atoms with E-state index in [1.807, 2.05) is 0 Å². The zero-order chi connectivity index (χ0) is 17.8. The van der Waals surface area contributed by atoms with Gasteiger partial charge in [-0.2, -0.15) is 4.72 Å². The van der Waals surface area contributed by atoms with Gasteiger partial charge < -0.3 is 9.64 Å². The molecule has 1 rings (SSSR count). The number of carbonyl (C=O) groups is 2. The molecule has 0 aliphatic carbocycles. The summed E-state index contributed by atoms with van der Waals surface area (Å²) in [6, 6.07) is 3.10. The Morgan fingerprint density at radius 3 is 2.43 bits per heavy atom. The first kappa shape index (κ1) is 19.6. The molecule has 0 spiro atoms. The first-order valence-electron chi connectivity index (χ1n) is 6.80. The first-order chi connectivity index (χ1) is 10.6. The molecule has 0 bridgehead atoms. The predicted molar refractivity (Wildman–Crippen MR) is 88.6 cm³/mol. The number of nitrogens with one attached hydrogen (secondary N) is 1. The van der Waals surface area contributed by atoms with Gasteiger partial charge in [-0.1, -0.05) is 0 Å². The van der Waals surface area contributed by atoms with Crippen LogP contribution in [-0.4, -0.2) is 51.9 Å². The average Bonchev–Trinajstić information content (AvgIpc) is 2.45. The van der Waals surface area contributed by atoms with Crippen molar-refractivity contribution in [2.24, 2.45) is 0 Å². The minimum atomic E-state index is -3.92. The molecule has 0 aliphatic heterocycles. The molecule has 0 heterocycles.